The third-order valence-electron chi connectivity index (χ3n) is 5.38. The summed E-state index contributed by atoms with van der Waals surface area (Å²) in [5.41, 5.74) is 1.80. The fourth-order valence-electron chi connectivity index (χ4n) is 3.72. The number of unbranched alkanes of at least 4 members (excludes halogenated alkanes) is 2. The van der Waals surface area contributed by atoms with Crippen molar-refractivity contribution in [3.05, 3.63) is 46.4 Å². The van der Waals surface area contributed by atoms with Gasteiger partial charge in [-0.15, -0.1) is 0 Å². The Labute approximate surface area is 193 Å². The van der Waals surface area contributed by atoms with Crippen LogP contribution in [0.2, 0.25) is 0 Å². The number of carbonyl (C=O) groups excluding carboxylic acids is 1. The summed E-state index contributed by atoms with van der Waals surface area (Å²) >= 11 is 3.51. The number of urea groups is 1. The topological polar surface area (TPSA) is 51.2 Å². The molecular weight excluding hydrogens is 460 g/mol. The minimum atomic E-state index is -0.0182. The summed E-state index contributed by atoms with van der Waals surface area (Å²) in [5, 5.41) is 0. The first-order valence-electron chi connectivity index (χ1n) is 10.8. The fourth-order valence-corrected chi connectivity index (χ4v) is 4.13. The zero-order valence-corrected chi connectivity index (χ0v) is 20.1. The van der Waals surface area contributed by atoms with Crippen molar-refractivity contribution >= 4 is 27.6 Å². The van der Waals surface area contributed by atoms with Gasteiger partial charge in [0.05, 0.1) is 27.4 Å². The van der Waals surface area contributed by atoms with Crippen LogP contribution < -0.4 is 19.1 Å². The third kappa shape index (κ3) is 5.85. The van der Waals surface area contributed by atoms with Crippen molar-refractivity contribution in [1.82, 2.24) is 4.90 Å². The molecule has 6 nitrogen and oxygen atoms in total. The van der Waals surface area contributed by atoms with Gasteiger partial charge in [0.15, 0.2) is 11.5 Å². The van der Waals surface area contributed by atoms with Gasteiger partial charge in [-0.3, -0.25) is 4.90 Å². The zero-order chi connectivity index (χ0) is 22.2. The smallest absolute Gasteiger partial charge is 0.324 e. The zero-order valence-electron chi connectivity index (χ0n) is 18.5. The van der Waals surface area contributed by atoms with Crippen LogP contribution in [0.4, 0.5) is 10.5 Å². The number of rotatable bonds is 10. The Morgan fingerprint density at radius 1 is 0.968 bits per heavy atom. The standard InChI is InChI=1S/C24H31BrN2O4/c1-4-5-6-14-31-23-16-20(9-11-22(23)30-3)27-13-7-12-26(24(27)28)17-18-15-19(25)8-10-21(18)29-2/h8-11,15-16H,4-7,12-14,17H2,1-3H3. The van der Waals surface area contributed by atoms with Gasteiger partial charge in [-0.05, 0) is 43.2 Å². The van der Waals surface area contributed by atoms with Gasteiger partial charge >= 0.3 is 6.03 Å². The van der Waals surface area contributed by atoms with Gasteiger partial charge in [-0.1, -0.05) is 35.7 Å². The second-order valence-electron chi connectivity index (χ2n) is 7.56. The van der Waals surface area contributed by atoms with Gasteiger partial charge in [-0.25, -0.2) is 4.79 Å². The quantitative estimate of drug-likeness (QED) is 0.391. The maximum Gasteiger partial charge on any atom is 0.324 e. The lowest BCUT2D eigenvalue weighted by Gasteiger charge is -2.36. The van der Waals surface area contributed by atoms with E-state index >= 15 is 0 Å². The molecule has 0 unspecified atom stereocenters. The Kier molecular flexibility index (Phi) is 8.46. The molecule has 1 heterocycles. The van der Waals surface area contributed by atoms with E-state index in [9.17, 15) is 4.79 Å². The second-order valence-corrected chi connectivity index (χ2v) is 8.47. The summed E-state index contributed by atoms with van der Waals surface area (Å²) in [5.74, 6) is 2.13. The first kappa shape index (κ1) is 23.3. The highest BCUT2D eigenvalue weighted by molar-refractivity contribution is 9.10. The Balaban J connectivity index is 1.77. The van der Waals surface area contributed by atoms with Crippen LogP contribution in [0.3, 0.4) is 0 Å². The molecule has 0 saturated carbocycles. The molecule has 0 radical (unpaired) electrons. The van der Waals surface area contributed by atoms with E-state index in [2.05, 4.69) is 22.9 Å². The number of nitrogens with zero attached hydrogens (tertiary/aromatic N) is 2. The van der Waals surface area contributed by atoms with Crippen LogP contribution in [-0.2, 0) is 6.54 Å². The van der Waals surface area contributed by atoms with Crippen molar-refractivity contribution in [2.75, 3.05) is 38.8 Å². The maximum absolute atomic E-state index is 13.3. The van der Waals surface area contributed by atoms with Crippen molar-refractivity contribution in [1.29, 1.82) is 0 Å². The molecule has 31 heavy (non-hydrogen) atoms. The number of ether oxygens (including phenoxy) is 3. The molecule has 0 aliphatic carbocycles. The first-order chi connectivity index (χ1) is 15.1. The lowest BCUT2D eigenvalue weighted by Crippen LogP contribution is -2.49. The summed E-state index contributed by atoms with van der Waals surface area (Å²) in [4.78, 5) is 17.0. The molecule has 1 saturated heterocycles. The number of anilines is 1. The molecule has 168 valence electrons. The average molecular weight is 491 g/mol. The van der Waals surface area contributed by atoms with Crippen LogP contribution in [0, 0.1) is 0 Å². The molecule has 2 aromatic carbocycles. The largest absolute Gasteiger partial charge is 0.496 e. The van der Waals surface area contributed by atoms with E-state index in [4.69, 9.17) is 14.2 Å². The summed E-state index contributed by atoms with van der Waals surface area (Å²) in [7, 11) is 3.28. The van der Waals surface area contributed by atoms with Crippen molar-refractivity contribution in [3.63, 3.8) is 0 Å². The van der Waals surface area contributed by atoms with E-state index in [1.165, 1.54) is 0 Å². The summed E-state index contributed by atoms with van der Waals surface area (Å²) < 4.78 is 17.9. The molecule has 0 atom stereocenters. The number of carbonyl (C=O) groups is 1. The maximum atomic E-state index is 13.3. The molecule has 0 N–H and O–H groups in total. The van der Waals surface area contributed by atoms with Crippen LogP contribution in [0.1, 0.15) is 38.2 Å². The molecule has 2 aromatic rings. The number of hydrogen-bond acceptors (Lipinski definition) is 4. The number of benzene rings is 2. The van der Waals surface area contributed by atoms with Gasteiger partial charge in [0.1, 0.15) is 5.75 Å². The summed E-state index contributed by atoms with van der Waals surface area (Å²) in [6, 6.07) is 11.5. The Morgan fingerprint density at radius 3 is 2.48 bits per heavy atom. The van der Waals surface area contributed by atoms with Crippen molar-refractivity contribution in [3.8, 4) is 17.2 Å². The molecule has 2 amide bonds. The van der Waals surface area contributed by atoms with E-state index in [-0.39, 0.29) is 6.03 Å². The molecule has 7 heteroatoms. The second kappa shape index (κ2) is 11.3. The van der Waals surface area contributed by atoms with Crippen LogP contribution in [0.25, 0.3) is 0 Å². The highest BCUT2D eigenvalue weighted by Gasteiger charge is 2.28. The number of amides is 2. The van der Waals surface area contributed by atoms with E-state index in [1.54, 1.807) is 14.2 Å². The molecule has 0 bridgehead atoms. The molecular formula is C24H31BrN2O4. The minimum Gasteiger partial charge on any atom is -0.496 e. The lowest BCUT2D eigenvalue weighted by atomic mass is 10.1. The molecule has 3 rings (SSSR count). The van der Waals surface area contributed by atoms with E-state index in [0.717, 1.165) is 47.2 Å². The predicted octanol–water partition coefficient (Wildman–Crippen LogP) is 5.87. The highest BCUT2D eigenvalue weighted by atomic mass is 79.9. The minimum absolute atomic E-state index is 0.0182. The summed E-state index contributed by atoms with van der Waals surface area (Å²) in [6.07, 6.45) is 4.15. The molecule has 1 fully saturated rings. The number of halogens is 1. The van der Waals surface area contributed by atoms with Crippen LogP contribution in [0.15, 0.2) is 40.9 Å². The Hall–Kier alpha value is -2.41. The van der Waals surface area contributed by atoms with Crippen molar-refractivity contribution in [2.45, 2.75) is 39.2 Å². The predicted molar refractivity (Wildman–Crippen MR) is 126 cm³/mol. The number of hydrogen-bond donors (Lipinski definition) is 0. The molecule has 1 aliphatic rings. The SMILES string of the molecule is CCCCCOc1cc(N2CCCN(Cc3cc(Br)ccc3OC)C2=O)ccc1OC. The Bertz CT molecular complexity index is 890. The number of methoxy groups -OCH3 is 2. The molecule has 1 aliphatic heterocycles. The molecule has 0 spiro atoms. The van der Waals surface area contributed by atoms with Crippen LogP contribution in [-0.4, -0.2) is 44.8 Å². The van der Waals surface area contributed by atoms with E-state index < -0.39 is 0 Å². The van der Waals surface area contributed by atoms with Crippen LogP contribution >= 0.6 is 15.9 Å². The van der Waals surface area contributed by atoms with Gasteiger partial charge in [0, 0.05) is 34.9 Å². The van der Waals surface area contributed by atoms with Gasteiger partial charge < -0.3 is 19.1 Å². The van der Waals surface area contributed by atoms with Gasteiger partial charge in [-0.2, -0.15) is 0 Å². The third-order valence-corrected chi connectivity index (χ3v) is 5.87. The lowest BCUT2D eigenvalue weighted by molar-refractivity contribution is 0.191. The Morgan fingerprint density at radius 2 is 1.74 bits per heavy atom. The monoisotopic (exact) mass is 490 g/mol. The van der Waals surface area contributed by atoms with Crippen LogP contribution in [0.5, 0.6) is 17.2 Å². The van der Waals surface area contributed by atoms with Gasteiger partial charge in [0.2, 0.25) is 0 Å². The van der Waals surface area contributed by atoms with Crippen molar-refractivity contribution in [2.24, 2.45) is 0 Å². The fraction of sp³-hybridized carbons (Fsp3) is 0.458. The highest BCUT2D eigenvalue weighted by Crippen LogP contribution is 2.34. The van der Waals surface area contributed by atoms with Gasteiger partial charge in [0.25, 0.3) is 0 Å². The van der Waals surface area contributed by atoms with E-state index in [1.807, 2.05) is 46.2 Å². The first-order valence-corrected chi connectivity index (χ1v) is 11.6. The normalized spacial score (nSPS) is 14.0. The summed E-state index contributed by atoms with van der Waals surface area (Å²) in [6.45, 7) is 4.68. The average Bonchev–Trinajstić information content (AvgIpc) is 2.78. The molecule has 0 aromatic heterocycles. The van der Waals surface area contributed by atoms with E-state index in [0.29, 0.717) is 37.7 Å². The van der Waals surface area contributed by atoms with Crippen molar-refractivity contribution < 1.29 is 19.0 Å².